The molecule has 3 rings (SSSR count). The van der Waals surface area contributed by atoms with Gasteiger partial charge >= 0.3 is 0 Å². The Balaban J connectivity index is 1.72. The molecule has 0 saturated heterocycles. The van der Waals surface area contributed by atoms with E-state index in [0.29, 0.717) is 17.4 Å². The molecule has 0 radical (unpaired) electrons. The predicted octanol–water partition coefficient (Wildman–Crippen LogP) is 2.99. The molecule has 1 unspecified atom stereocenters. The summed E-state index contributed by atoms with van der Waals surface area (Å²) in [4.78, 5) is 20.7. The summed E-state index contributed by atoms with van der Waals surface area (Å²) < 4.78 is 5.04. The number of amides is 1. The molecule has 0 bridgehead atoms. The van der Waals surface area contributed by atoms with Crippen LogP contribution >= 0.6 is 11.3 Å². The van der Waals surface area contributed by atoms with Gasteiger partial charge in [-0.2, -0.15) is 4.98 Å². The summed E-state index contributed by atoms with van der Waals surface area (Å²) in [5.41, 5.74) is 1.37. The lowest BCUT2D eigenvalue weighted by molar-refractivity contribution is 0.0928. The van der Waals surface area contributed by atoms with Gasteiger partial charge in [0, 0.05) is 10.9 Å². The van der Waals surface area contributed by atoms with E-state index in [9.17, 15) is 4.79 Å². The molecule has 0 saturated carbocycles. The Morgan fingerprint density at radius 3 is 2.73 bits per heavy atom. The first kappa shape index (κ1) is 14.4. The zero-order valence-electron chi connectivity index (χ0n) is 12.1. The van der Waals surface area contributed by atoms with Gasteiger partial charge in [-0.25, -0.2) is 4.98 Å². The Hall–Kier alpha value is -2.54. The monoisotopic (exact) mass is 314 g/mol. The number of benzene rings is 1. The van der Waals surface area contributed by atoms with Crippen LogP contribution in [0.25, 0.3) is 10.6 Å². The maximum Gasteiger partial charge on any atom is 0.271 e. The van der Waals surface area contributed by atoms with Crippen molar-refractivity contribution in [1.29, 1.82) is 0 Å². The van der Waals surface area contributed by atoms with Gasteiger partial charge < -0.3 is 9.84 Å². The van der Waals surface area contributed by atoms with E-state index in [-0.39, 0.29) is 11.9 Å². The second-order valence-electron chi connectivity index (χ2n) is 4.78. The van der Waals surface area contributed by atoms with E-state index in [1.165, 1.54) is 11.3 Å². The number of aromatic nitrogens is 3. The minimum Gasteiger partial charge on any atom is -0.339 e. The van der Waals surface area contributed by atoms with Crippen LogP contribution in [-0.2, 0) is 0 Å². The molecule has 1 atom stereocenters. The highest BCUT2D eigenvalue weighted by molar-refractivity contribution is 7.13. The van der Waals surface area contributed by atoms with E-state index in [4.69, 9.17) is 4.52 Å². The molecule has 6 nitrogen and oxygen atoms in total. The third-order valence-corrected chi connectivity index (χ3v) is 3.91. The lowest BCUT2D eigenvalue weighted by Crippen LogP contribution is -2.27. The Labute approximate surface area is 131 Å². The molecular weight excluding hydrogens is 300 g/mol. The van der Waals surface area contributed by atoms with Crippen molar-refractivity contribution in [2.75, 3.05) is 0 Å². The van der Waals surface area contributed by atoms with Gasteiger partial charge in [0.15, 0.2) is 5.82 Å². The highest BCUT2D eigenvalue weighted by Crippen LogP contribution is 2.23. The Morgan fingerprint density at radius 1 is 1.27 bits per heavy atom. The first-order valence-electron chi connectivity index (χ1n) is 6.75. The number of carbonyl (C=O) groups is 1. The van der Waals surface area contributed by atoms with Crippen LogP contribution in [-0.4, -0.2) is 21.0 Å². The number of aryl methyl sites for hydroxylation is 1. The standard InChI is InChI=1S/C15H14N4O2S/c1-9(14-17-10(2)19-21-14)16-13(20)12-8-22-15(18-12)11-6-4-3-5-7-11/h3-9H,1-2H3,(H,16,20). The van der Waals surface area contributed by atoms with E-state index >= 15 is 0 Å². The smallest absolute Gasteiger partial charge is 0.271 e. The zero-order chi connectivity index (χ0) is 15.5. The summed E-state index contributed by atoms with van der Waals surface area (Å²) in [7, 11) is 0. The quantitative estimate of drug-likeness (QED) is 0.800. The van der Waals surface area contributed by atoms with E-state index in [2.05, 4.69) is 20.4 Å². The number of nitrogens with one attached hydrogen (secondary N) is 1. The van der Waals surface area contributed by atoms with Crippen molar-refractivity contribution >= 4 is 17.2 Å². The van der Waals surface area contributed by atoms with Gasteiger partial charge in [0.25, 0.3) is 5.91 Å². The molecule has 0 aliphatic rings. The van der Waals surface area contributed by atoms with Crippen LogP contribution in [0.15, 0.2) is 40.2 Å². The van der Waals surface area contributed by atoms with Crippen molar-refractivity contribution in [1.82, 2.24) is 20.4 Å². The summed E-state index contributed by atoms with van der Waals surface area (Å²) in [5, 5.41) is 9.06. The largest absolute Gasteiger partial charge is 0.339 e. The molecule has 2 aromatic heterocycles. The van der Waals surface area contributed by atoms with Gasteiger partial charge in [0.05, 0.1) is 0 Å². The Morgan fingerprint density at radius 2 is 2.05 bits per heavy atom. The Kier molecular flexibility index (Phi) is 3.97. The van der Waals surface area contributed by atoms with E-state index in [0.717, 1.165) is 10.6 Å². The fraction of sp³-hybridized carbons (Fsp3) is 0.200. The summed E-state index contributed by atoms with van der Waals surface area (Å²) in [6.45, 7) is 3.52. The summed E-state index contributed by atoms with van der Waals surface area (Å²) >= 11 is 1.43. The minimum atomic E-state index is -0.365. The van der Waals surface area contributed by atoms with Crippen molar-refractivity contribution in [3.63, 3.8) is 0 Å². The lowest BCUT2D eigenvalue weighted by atomic mass is 10.2. The van der Waals surface area contributed by atoms with E-state index in [1.807, 2.05) is 30.3 Å². The predicted molar refractivity (Wildman–Crippen MR) is 82.5 cm³/mol. The van der Waals surface area contributed by atoms with Crippen LogP contribution in [0.4, 0.5) is 0 Å². The normalized spacial score (nSPS) is 12.1. The number of carbonyl (C=O) groups excluding carboxylic acids is 1. The summed E-state index contributed by atoms with van der Waals surface area (Å²) in [5.74, 6) is 0.655. The second kappa shape index (κ2) is 6.07. The van der Waals surface area contributed by atoms with Gasteiger partial charge in [-0.05, 0) is 13.8 Å². The Bertz CT molecular complexity index is 782. The van der Waals surface area contributed by atoms with Gasteiger partial charge in [0.2, 0.25) is 5.89 Å². The minimum absolute atomic E-state index is 0.262. The average molecular weight is 314 g/mol. The second-order valence-corrected chi connectivity index (χ2v) is 5.64. The molecule has 0 spiro atoms. The van der Waals surface area contributed by atoms with Gasteiger partial charge in [-0.1, -0.05) is 35.5 Å². The van der Waals surface area contributed by atoms with Crippen LogP contribution < -0.4 is 5.32 Å². The van der Waals surface area contributed by atoms with Gasteiger partial charge in [-0.15, -0.1) is 11.3 Å². The van der Waals surface area contributed by atoms with Crippen LogP contribution in [0.5, 0.6) is 0 Å². The molecule has 0 fully saturated rings. The highest BCUT2D eigenvalue weighted by Gasteiger charge is 2.18. The fourth-order valence-corrected chi connectivity index (χ4v) is 2.72. The zero-order valence-corrected chi connectivity index (χ0v) is 12.9. The van der Waals surface area contributed by atoms with Crippen molar-refractivity contribution in [3.05, 3.63) is 53.1 Å². The van der Waals surface area contributed by atoms with Crippen molar-refractivity contribution < 1.29 is 9.32 Å². The van der Waals surface area contributed by atoms with Crippen LogP contribution in [0, 0.1) is 6.92 Å². The van der Waals surface area contributed by atoms with Crippen molar-refractivity contribution in [3.8, 4) is 10.6 Å². The van der Waals surface area contributed by atoms with Crippen molar-refractivity contribution in [2.45, 2.75) is 19.9 Å². The first-order chi connectivity index (χ1) is 10.6. The topological polar surface area (TPSA) is 80.9 Å². The summed E-state index contributed by atoms with van der Waals surface area (Å²) in [6.07, 6.45) is 0. The molecule has 1 aromatic carbocycles. The third kappa shape index (κ3) is 3.04. The molecule has 22 heavy (non-hydrogen) atoms. The van der Waals surface area contributed by atoms with Gasteiger partial charge in [-0.3, -0.25) is 4.79 Å². The van der Waals surface area contributed by atoms with Crippen molar-refractivity contribution in [2.24, 2.45) is 0 Å². The average Bonchev–Trinajstić information content (AvgIpc) is 3.17. The molecule has 1 N–H and O–H groups in total. The van der Waals surface area contributed by atoms with Gasteiger partial charge in [0.1, 0.15) is 16.7 Å². The molecule has 0 aliphatic carbocycles. The first-order valence-corrected chi connectivity index (χ1v) is 7.63. The number of hydrogen-bond donors (Lipinski definition) is 1. The molecule has 2 heterocycles. The molecule has 0 aliphatic heterocycles. The van der Waals surface area contributed by atoms with Crippen LogP contribution in [0.1, 0.15) is 35.2 Å². The maximum absolute atomic E-state index is 12.2. The maximum atomic E-state index is 12.2. The number of nitrogens with zero attached hydrogens (tertiary/aromatic N) is 3. The summed E-state index contributed by atoms with van der Waals surface area (Å²) in [6, 6.07) is 9.39. The molecule has 112 valence electrons. The molecular formula is C15H14N4O2S. The molecule has 3 aromatic rings. The van der Waals surface area contributed by atoms with Crippen LogP contribution in [0.3, 0.4) is 0 Å². The number of thiazole rings is 1. The number of rotatable bonds is 4. The van der Waals surface area contributed by atoms with Crippen LogP contribution in [0.2, 0.25) is 0 Å². The van der Waals surface area contributed by atoms with E-state index < -0.39 is 0 Å². The van der Waals surface area contributed by atoms with E-state index in [1.54, 1.807) is 19.2 Å². The molecule has 7 heteroatoms. The third-order valence-electron chi connectivity index (χ3n) is 3.02. The fourth-order valence-electron chi connectivity index (χ4n) is 1.91. The lowest BCUT2D eigenvalue weighted by Gasteiger charge is -2.07. The highest BCUT2D eigenvalue weighted by atomic mass is 32.1. The molecule has 1 amide bonds. The number of hydrogen-bond acceptors (Lipinski definition) is 6. The SMILES string of the molecule is Cc1noc(C(C)NC(=O)c2csc(-c3ccccc3)n2)n1.